The molecular weight excluding hydrogens is 268 g/mol. The van der Waals surface area contributed by atoms with Crippen molar-refractivity contribution in [1.82, 2.24) is 10.3 Å². The minimum absolute atomic E-state index is 0.424. The van der Waals surface area contributed by atoms with Gasteiger partial charge in [-0.2, -0.15) is 0 Å². The summed E-state index contributed by atoms with van der Waals surface area (Å²) in [6, 6.07) is 3.64. The zero-order chi connectivity index (χ0) is 15.9. The van der Waals surface area contributed by atoms with E-state index in [0.29, 0.717) is 18.8 Å². The molecule has 0 bridgehead atoms. The second-order valence-corrected chi connectivity index (χ2v) is 5.47. The molecule has 21 heavy (non-hydrogen) atoms. The number of nitrogens with zero attached hydrogens (tertiary/aromatic N) is 1. The number of hydrogen-bond acceptors (Lipinski definition) is 4. The highest BCUT2D eigenvalue weighted by Crippen LogP contribution is 2.10. The first kappa shape index (κ1) is 16.8. The van der Waals surface area contributed by atoms with Gasteiger partial charge in [0.05, 0.1) is 12.8 Å². The molecule has 5 heteroatoms. The molecule has 0 aliphatic carbocycles. The number of aromatic nitrogens is 1. The molecule has 114 valence electrons. The Labute approximate surface area is 126 Å². The maximum absolute atomic E-state index is 11.4. The zero-order valence-corrected chi connectivity index (χ0v) is 13.2. The summed E-state index contributed by atoms with van der Waals surface area (Å²) in [6.45, 7) is 7.81. The molecule has 1 N–H and O–H groups in total. The van der Waals surface area contributed by atoms with Crippen LogP contribution in [0.2, 0.25) is 0 Å². The van der Waals surface area contributed by atoms with Crippen molar-refractivity contribution in [3.8, 4) is 17.7 Å². The fraction of sp³-hybridized carbons (Fsp3) is 0.500. The van der Waals surface area contributed by atoms with E-state index in [-0.39, 0.29) is 0 Å². The average Bonchev–Trinajstić information content (AvgIpc) is 2.37. The van der Waals surface area contributed by atoms with Gasteiger partial charge in [0.15, 0.2) is 0 Å². The molecule has 1 aromatic rings. The van der Waals surface area contributed by atoms with E-state index in [9.17, 15) is 4.79 Å². The number of hydrogen-bond donors (Lipinski definition) is 1. The van der Waals surface area contributed by atoms with Gasteiger partial charge in [0.1, 0.15) is 5.60 Å². The Bertz CT molecular complexity index is 551. The number of carbonyl (C=O) groups excluding carboxylic acids is 1. The monoisotopic (exact) mass is 290 g/mol. The molecule has 1 heterocycles. The molecule has 0 aliphatic rings. The van der Waals surface area contributed by atoms with Crippen LogP contribution in [0.5, 0.6) is 5.88 Å². The van der Waals surface area contributed by atoms with Crippen molar-refractivity contribution < 1.29 is 14.3 Å². The van der Waals surface area contributed by atoms with Gasteiger partial charge in [0.2, 0.25) is 5.88 Å². The number of nitrogens with one attached hydrogen (secondary N) is 1. The number of aryl methyl sites for hydroxylation is 1. The summed E-state index contributed by atoms with van der Waals surface area (Å²) >= 11 is 0. The Balaban J connectivity index is 2.42. The van der Waals surface area contributed by atoms with Gasteiger partial charge >= 0.3 is 6.09 Å². The van der Waals surface area contributed by atoms with E-state index in [2.05, 4.69) is 22.1 Å². The van der Waals surface area contributed by atoms with E-state index in [1.807, 2.05) is 33.8 Å². The standard InChI is InChI=1S/C16H22N2O3/c1-12-13(9-10-14(18-12)20-5)8-6-7-11-17-15(19)21-16(2,3)4/h9-10H,7,11H2,1-5H3,(H,17,19). The quantitative estimate of drug-likeness (QED) is 0.687. The number of ether oxygens (including phenoxy) is 2. The van der Waals surface area contributed by atoms with Crippen molar-refractivity contribution in [3.05, 3.63) is 23.4 Å². The SMILES string of the molecule is COc1ccc(C#CCCNC(=O)OC(C)(C)C)c(C)n1. The van der Waals surface area contributed by atoms with Gasteiger partial charge in [0.25, 0.3) is 0 Å². The lowest BCUT2D eigenvalue weighted by Gasteiger charge is -2.19. The van der Waals surface area contributed by atoms with Crippen LogP contribution in [0.3, 0.4) is 0 Å². The zero-order valence-electron chi connectivity index (χ0n) is 13.2. The minimum atomic E-state index is -0.484. The van der Waals surface area contributed by atoms with Crippen molar-refractivity contribution in [2.45, 2.75) is 39.7 Å². The summed E-state index contributed by atoms with van der Waals surface area (Å²) < 4.78 is 10.2. The van der Waals surface area contributed by atoms with Crippen molar-refractivity contribution in [2.24, 2.45) is 0 Å². The highest BCUT2D eigenvalue weighted by molar-refractivity contribution is 5.67. The predicted octanol–water partition coefficient (Wildman–Crippen LogP) is 2.66. The van der Waals surface area contributed by atoms with E-state index in [1.165, 1.54) is 0 Å². The summed E-state index contributed by atoms with van der Waals surface area (Å²) in [5, 5.41) is 2.66. The Hall–Kier alpha value is -2.22. The first-order valence-corrected chi connectivity index (χ1v) is 6.79. The summed E-state index contributed by atoms with van der Waals surface area (Å²) in [5.74, 6) is 6.60. The molecule has 0 aliphatic heterocycles. The average molecular weight is 290 g/mol. The van der Waals surface area contributed by atoms with Crippen LogP contribution in [-0.4, -0.2) is 30.3 Å². The smallest absolute Gasteiger partial charge is 0.407 e. The van der Waals surface area contributed by atoms with Gasteiger partial charge in [-0.05, 0) is 33.8 Å². The van der Waals surface area contributed by atoms with Crippen LogP contribution in [0.15, 0.2) is 12.1 Å². The molecule has 1 rings (SSSR count). The topological polar surface area (TPSA) is 60.5 Å². The summed E-state index contributed by atoms with van der Waals surface area (Å²) in [6.07, 6.45) is 0.122. The molecule has 0 saturated carbocycles. The second kappa shape index (κ2) is 7.53. The van der Waals surface area contributed by atoms with Crippen molar-refractivity contribution >= 4 is 6.09 Å². The molecule has 0 atom stereocenters. The normalized spacial score (nSPS) is 10.3. The van der Waals surface area contributed by atoms with Crippen LogP contribution < -0.4 is 10.1 Å². The van der Waals surface area contributed by atoms with Gasteiger partial charge in [-0.25, -0.2) is 9.78 Å². The number of amides is 1. The minimum Gasteiger partial charge on any atom is -0.481 e. The first-order chi connectivity index (χ1) is 9.81. The summed E-state index contributed by atoms with van der Waals surface area (Å²) in [7, 11) is 1.58. The van der Waals surface area contributed by atoms with E-state index < -0.39 is 11.7 Å². The summed E-state index contributed by atoms with van der Waals surface area (Å²) in [4.78, 5) is 15.7. The maximum atomic E-state index is 11.4. The van der Waals surface area contributed by atoms with E-state index >= 15 is 0 Å². The third-order valence-corrected chi connectivity index (χ3v) is 2.41. The Morgan fingerprint density at radius 3 is 2.67 bits per heavy atom. The predicted molar refractivity (Wildman–Crippen MR) is 81.3 cm³/mol. The first-order valence-electron chi connectivity index (χ1n) is 6.79. The number of rotatable bonds is 3. The summed E-state index contributed by atoms with van der Waals surface area (Å²) in [5.41, 5.74) is 1.19. The van der Waals surface area contributed by atoms with Crippen LogP contribution in [0.25, 0.3) is 0 Å². The van der Waals surface area contributed by atoms with Gasteiger partial charge in [-0.15, -0.1) is 0 Å². The fourth-order valence-electron chi connectivity index (χ4n) is 1.48. The lowest BCUT2D eigenvalue weighted by molar-refractivity contribution is 0.0529. The molecule has 0 unspecified atom stereocenters. The molecule has 0 spiro atoms. The molecular formula is C16H22N2O3. The fourth-order valence-corrected chi connectivity index (χ4v) is 1.48. The number of pyridine rings is 1. The lowest BCUT2D eigenvalue weighted by atomic mass is 10.2. The molecule has 1 amide bonds. The molecule has 0 fully saturated rings. The van der Waals surface area contributed by atoms with E-state index in [4.69, 9.17) is 9.47 Å². The van der Waals surface area contributed by atoms with Crippen LogP contribution >= 0.6 is 0 Å². The van der Waals surface area contributed by atoms with Gasteiger partial charge < -0.3 is 14.8 Å². The highest BCUT2D eigenvalue weighted by Gasteiger charge is 2.15. The third-order valence-electron chi connectivity index (χ3n) is 2.41. The lowest BCUT2D eigenvalue weighted by Crippen LogP contribution is -2.32. The number of carbonyl (C=O) groups is 1. The second-order valence-electron chi connectivity index (χ2n) is 5.47. The Morgan fingerprint density at radius 1 is 1.38 bits per heavy atom. The van der Waals surface area contributed by atoms with Crippen LogP contribution in [0, 0.1) is 18.8 Å². The Morgan fingerprint density at radius 2 is 2.10 bits per heavy atom. The molecule has 0 radical (unpaired) electrons. The number of methoxy groups -OCH3 is 1. The van der Waals surface area contributed by atoms with Crippen molar-refractivity contribution in [2.75, 3.05) is 13.7 Å². The Kier molecular flexibility index (Phi) is 6.04. The van der Waals surface area contributed by atoms with Gasteiger partial charge in [-0.1, -0.05) is 11.8 Å². The van der Waals surface area contributed by atoms with Crippen LogP contribution in [0.1, 0.15) is 38.4 Å². The van der Waals surface area contributed by atoms with Crippen molar-refractivity contribution in [3.63, 3.8) is 0 Å². The van der Waals surface area contributed by atoms with Gasteiger partial charge in [-0.3, -0.25) is 0 Å². The molecule has 0 aromatic carbocycles. The maximum Gasteiger partial charge on any atom is 0.407 e. The van der Waals surface area contributed by atoms with Crippen molar-refractivity contribution in [1.29, 1.82) is 0 Å². The van der Waals surface area contributed by atoms with Crippen LogP contribution in [-0.2, 0) is 4.74 Å². The largest absolute Gasteiger partial charge is 0.481 e. The molecule has 0 saturated heterocycles. The highest BCUT2D eigenvalue weighted by atomic mass is 16.6. The van der Waals surface area contributed by atoms with Gasteiger partial charge in [0, 0.05) is 24.6 Å². The third kappa shape index (κ3) is 6.66. The van der Waals surface area contributed by atoms with E-state index in [0.717, 1.165) is 11.3 Å². The van der Waals surface area contributed by atoms with E-state index in [1.54, 1.807) is 13.2 Å². The number of alkyl carbamates (subject to hydrolysis) is 1. The van der Waals surface area contributed by atoms with Crippen LogP contribution in [0.4, 0.5) is 4.79 Å². The molecule has 5 nitrogen and oxygen atoms in total. The molecule has 1 aromatic heterocycles.